The van der Waals surface area contributed by atoms with Gasteiger partial charge in [-0.15, -0.1) is 10.2 Å². The van der Waals surface area contributed by atoms with Crippen LogP contribution in [0.5, 0.6) is 0 Å². The Morgan fingerprint density at radius 1 is 1.40 bits per heavy atom. The average molecular weight is 185 g/mol. The molecule has 0 radical (unpaired) electrons. The van der Waals surface area contributed by atoms with Crippen molar-refractivity contribution in [3.8, 4) is 0 Å². The van der Waals surface area contributed by atoms with E-state index in [1.54, 1.807) is 0 Å². The van der Waals surface area contributed by atoms with Gasteiger partial charge in [-0.1, -0.05) is 0 Å². The van der Waals surface area contributed by atoms with Crippen molar-refractivity contribution < 1.29 is 4.70 Å². The summed E-state index contributed by atoms with van der Waals surface area (Å²) in [6.07, 6.45) is 1.44. The first-order chi connectivity index (χ1) is 4.30. The third-order valence-electron chi connectivity index (χ3n) is 0.662. The van der Waals surface area contributed by atoms with Crippen LogP contribution in [0.25, 0.3) is 0 Å². The highest BCUT2D eigenvalue weighted by Gasteiger charge is 1.97. The van der Waals surface area contributed by atoms with Crippen LogP contribution in [-0.2, 0) is 0 Å². The summed E-state index contributed by atoms with van der Waals surface area (Å²) < 4.78 is 0.814. The van der Waals surface area contributed by atoms with Gasteiger partial charge in [0, 0.05) is 29.6 Å². The van der Waals surface area contributed by atoms with E-state index < -0.39 is 0 Å². The molecule has 0 bridgehead atoms. The molecule has 4 nitrogen and oxygen atoms in total. The first-order valence-electron chi connectivity index (χ1n) is 2.07. The molecule has 0 atom stereocenters. The quantitative estimate of drug-likeness (QED) is 0.615. The minimum absolute atomic E-state index is 0. The van der Waals surface area contributed by atoms with E-state index in [9.17, 15) is 0 Å². The molecule has 1 aromatic heterocycles. The van der Waals surface area contributed by atoms with Crippen LogP contribution in [0.1, 0.15) is 0 Å². The van der Waals surface area contributed by atoms with Gasteiger partial charge in [-0.05, 0) is 5.21 Å². The molecule has 0 saturated carbocycles. The lowest BCUT2D eigenvalue weighted by Gasteiger charge is -1.98. The highest BCUT2D eigenvalue weighted by molar-refractivity contribution is 6.49. The highest BCUT2D eigenvalue weighted by Crippen LogP contribution is 2.11. The molecule has 0 spiro atoms. The maximum atomic E-state index is 5.27. The molecule has 0 saturated heterocycles. The van der Waals surface area contributed by atoms with E-state index >= 15 is 0 Å². The van der Waals surface area contributed by atoms with E-state index in [0.29, 0.717) is 5.82 Å². The molecule has 0 aromatic carbocycles. The van der Waals surface area contributed by atoms with Crippen molar-refractivity contribution in [2.24, 2.45) is 0 Å². The molecular formula is C3H3Cl2FN4. The Balaban J connectivity index is 0.000000810. The van der Waals surface area contributed by atoms with Crippen molar-refractivity contribution in [2.75, 3.05) is 3.94 Å². The smallest absolute Gasteiger partial charge is 0.185 e. The summed E-state index contributed by atoms with van der Waals surface area (Å²) >= 11 is 10.5. The SMILES string of the molecule is ClN(Cl)c1ccnnn1.F. The number of nitrogens with zero attached hydrogens (tertiary/aromatic N) is 4. The van der Waals surface area contributed by atoms with Gasteiger partial charge in [-0.3, -0.25) is 4.70 Å². The van der Waals surface area contributed by atoms with Gasteiger partial charge < -0.3 is 0 Å². The Bertz CT molecular complexity index is 181. The van der Waals surface area contributed by atoms with E-state index in [1.807, 2.05) is 0 Å². The summed E-state index contributed by atoms with van der Waals surface area (Å²) in [5.74, 6) is 0.355. The summed E-state index contributed by atoms with van der Waals surface area (Å²) in [4.78, 5) is 0. The number of aromatic nitrogens is 3. The fourth-order valence-corrected chi connectivity index (χ4v) is 0.505. The molecular weight excluding hydrogens is 182 g/mol. The van der Waals surface area contributed by atoms with Crippen molar-refractivity contribution in [2.45, 2.75) is 0 Å². The van der Waals surface area contributed by atoms with E-state index in [4.69, 9.17) is 23.6 Å². The monoisotopic (exact) mass is 184 g/mol. The van der Waals surface area contributed by atoms with Crippen molar-refractivity contribution in [1.29, 1.82) is 0 Å². The second-order valence-electron chi connectivity index (χ2n) is 1.21. The Morgan fingerprint density at radius 3 is 2.40 bits per heavy atom. The first-order valence-corrected chi connectivity index (χ1v) is 2.74. The zero-order valence-electron chi connectivity index (χ0n) is 4.61. The van der Waals surface area contributed by atoms with Gasteiger partial charge in [-0.2, -0.15) is 3.94 Å². The first kappa shape index (κ1) is 9.32. The zero-order chi connectivity index (χ0) is 6.69. The van der Waals surface area contributed by atoms with Gasteiger partial charge in [0.05, 0.1) is 6.20 Å². The fraction of sp³-hybridized carbons (Fsp3) is 0. The Morgan fingerprint density at radius 2 is 2.10 bits per heavy atom. The molecule has 56 valence electrons. The van der Waals surface area contributed by atoms with Crippen LogP contribution in [0.15, 0.2) is 12.3 Å². The number of halogens is 3. The van der Waals surface area contributed by atoms with Crippen LogP contribution in [0, 0.1) is 0 Å². The number of hydrogen-bond acceptors (Lipinski definition) is 4. The Kier molecular flexibility index (Phi) is 3.90. The van der Waals surface area contributed by atoms with Gasteiger partial charge in [-0.25, -0.2) is 0 Å². The minimum atomic E-state index is 0. The fourth-order valence-electron chi connectivity index (χ4n) is 0.325. The van der Waals surface area contributed by atoms with E-state index in [0.717, 1.165) is 3.94 Å². The molecule has 10 heavy (non-hydrogen) atoms. The van der Waals surface area contributed by atoms with Crippen molar-refractivity contribution in [3.63, 3.8) is 0 Å². The molecule has 0 aliphatic carbocycles. The van der Waals surface area contributed by atoms with Gasteiger partial charge >= 0.3 is 0 Å². The van der Waals surface area contributed by atoms with Gasteiger partial charge in [0.25, 0.3) is 0 Å². The summed E-state index contributed by atoms with van der Waals surface area (Å²) in [5.41, 5.74) is 0. The molecule has 0 amide bonds. The topological polar surface area (TPSA) is 41.9 Å². The van der Waals surface area contributed by atoms with Gasteiger partial charge in [0.1, 0.15) is 0 Å². The zero-order valence-corrected chi connectivity index (χ0v) is 6.12. The van der Waals surface area contributed by atoms with Crippen molar-refractivity contribution in [3.05, 3.63) is 12.3 Å². The molecule has 1 heterocycles. The second kappa shape index (κ2) is 4.19. The normalized spacial score (nSPS) is 8.20. The number of anilines is 1. The van der Waals surface area contributed by atoms with Gasteiger partial charge in [0.15, 0.2) is 5.82 Å². The summed E-state index contributed by atoms with van der Waals surface area (Å²) in [5, 5.41) is 10.2. The molecule has 0 fully saturated rings. The second-order valence-corrected chi connectivity index (χ2v) is 2.06. The van der Waals surface area contributed by atoms with Crippen LogP contribution in [-0.4, -0.2) is 15.4 Å². The van der Waals surface area contributed by atoms with Crippen LogP contribution >= 0.6 is 23.6 Å². The Labute approximate surface area is 66.3 Å². The van der Waals surface area contributed by atoms with E-state index in [-0.39, 0.29) is 4.70 Å². The van der Waals surface area contributed by atoms with Gasteiger partial charge in [0.2, 0.25) is 0 Å². The molecule has 0 aliphatic rings. The standard InChI is InChI=1S/C3H2Cl2N4.FH/c4-9(5)3-1-2-6-8-7-3;/h1-2H;1H. The number of rotatable bonds is 1. The van der Waals surface area contributed by atoms with E-state index in [2.05, 4.69) is 15.4 Å². The maximum absolute atomic E-state index is 5.27. The lowest BCUT2D eigenvalue weighted by molar-refractivity contribution is 0.868. The largest absolute Gasteiger partial charge is 0.269 e. The molecule has 0 aliphatic heterocycles. The van der Waals surface area contributed by atoms with Crippen LogP contribution in [0.3, 0.4) is 0 Å². The summed E-state index contributed by atoms with van der Waals surface area (Å²) in [6, 6.07) is 1.53. The Hall–Kier alpha value is -0.680. The average Bonchev–Trinajstić information content (AvgIpc) is 1.90. The summed E-state index contributed by atoms with van der Waals surface area (Å²) in [7, 11) is 0. The van der Waals surface area contributed by atoms with Crippen LogP contribution in [0.2, 0.25) is 0 Å². The van der Waals surface area contributed by atoms with Crippen molar-refractivity contribution >= 4 is 29.4 Å². The van der Waals surface area contributed by atoms with E-state index in [1.165, 1.54) is 12.3 Å². The lowest BCUT2D eigenvalue weighted by Crippen LogP contribution is -1.97. The minimum Gasteiger partial charge on any atom is -0.269 e. The predicted octanol–water partition coefficient (Wildman–Crippen LogP) is 1.14. The van der Waals surface area contributed by atoms with Crippen LogP contribution in [0.4, 0.5) is 10.5 Å². The molecule has 0 N–H and O–H groups in total. The van der Waals surface area contributed by atoms with Crippen molar-refractivity contribution in [1.82, 2.24) is 15.4 Å². The highest BCUT2D eigenvalue weighted by atomic mass is 35.5. The third-order valence-corrected chi connectivity index (χ3v) is 1.01. The molecule has 1 aromatic rings. The lowest BCUT2D eigenvalue weighted by atomic mass is 10.6. The number of hydrogen-bond donors (Lipinski definition) is 0. The predicted molar refractivity (Wildman–Crippen MR) is 36.5 cm³/mol. The molecule has 1 rings (SSSR count). The molecule has 0 unspecified atom stereocenters. The third kappa shape index (κ3) is 2.28. The summed E-state index contributed by atoms with van der Waals surface area (Å²) in [6.45, 7) is 0. The molecule has 7 heteroatoms. The van der Waals surface area contributed by atoms with Crippen LogP contribution < -0.4 is 3.94 Å². The maximum Gasteiger partial charge on any atom is 0.185 e.